The van der Waals surface area contributed by atoms with E-state index in [-0.39, 0.29) is 0 Å². The Bertz CT molecular complexity index is 419. The predicted octanol–water partition coefficient (Wildman–Crippen LogP) is 2.80. The fourth-order valence-corrected chi connectivity index (χ4v) is 2.65. The van der Waals surface area contributed by atoms with E-state index in [1.165, 1.54) is 12.8 Å². The third kappa shape index (κ3) is 3.46. The molecule has 0 radical (unpaired) electrons. The summed E-state index contributed by atoms with van der Waals surface area (Å²) in [4.78, 5) is 0. The molecule has 0 amide bonds. The summed E-state index contributed by atoms with van der Waals surface area (Å²) in [5.74, 6) is 1.49. The molecule has 4 heteroatoms. The summed E-state index contributed by atoms with van der Waals surface area (Å²) in [6, 6.07) is 4.02. The zero-order valence-corrected chi connectivity index (χ0v) is 12.5. The number of hydrogen-bond acceptors (Lipinski definition) is 3. The molecule has 1 aliphatic rings. The molecule has 0 aromatic heterocycles. The third-order valence-corrected chi connectivity index (χ3v) is 3.72. The number of rotatable bonds is 6. The summed E-state index contributed by atoms with van der Waals surface area (Å²) in [5, 5.41) is 13.2. The van der Waals surface area contributed by atoms with Crippen molar-refractivity contribution in [3.8, 4) is 5.75 Å². The van der Waals surface area contributed by atoms with Gasteiger partial charge in [-0.3, -0.25) is 0 Å². The molecule has 1 saturated carbocycles. The standard InChI is InChI=1S/C14H20BrNO2/c1-9-5-11(13(17)7-16-2)14(12(15)6-9)18-8-10-3-4-10/h5-6,10,13,16-17H,3-4,7-8H2,1-2H3. The van der Waals surface area contributed by atoms with Gasteiger partial charge in [-0.05, 0) is 66.4 Å². The van der Waals surface area contributed by atoms with Gasteiger partial charge < -0.3 is 15.2 Å². The van der Waals surface area contributed by atoms with E-state index in [0.717, 1.165) is 28.0 Å². The van der Waals surface area contributed by atoms with Crippen LogP contribution in [0.1, 0.15) is 30.1 Å². The second-order valence-electron chi connectivity index (χ2n) is 4.99. The minimum atomic E-state index is -0.541. The lowest BCUT2D eigenvalue weighted by Gasteiger charge is -2.18. The van der Waals surface area contributed by atoms with E-state index in [0.29, 0.717) is 12.5 Å². The molecule has 2 rings (SSSR count). The number of ether oxygens (including phenoxy) is 1. The monoisotopic (exact) mass is 313 g/mol. The Morgan fingerprint density at radius 3 is 2.83 bits per heavy atom. The molecular formula is C14H20BrNO2. The van der Waals surface area contributed by atoms with E-state index in [4.69, 9.17) is 4.74 Å². The smallest absolute Gasteiger partial charge is 0.139 e. The van der Waals surface area contributed by atoms with E-state index >= 15 is 0 Å². The fraction of sp³-hybridized carbons (Fsp3) is 0.571. The second kappa shape index (κ2) is 6.04. The van der Waals surface area contributed by atoms with Crippen molar-refractivity contribution in [1.82, 2.24) is 5.32 Å². The highest BCUT2D eigenvalue weighted by atomic mass is 79.9. The molecule has 1 atom stereocenters. The molecule has 1 unspecified atom stereocenters. The maximum absolute atomic E-state index is 10.2. The largest absolute Gasteiger partial charge is 0.492 e. The minimum absolute atomic E-state index is 0.523. The van der Waals surface area contributed by atoms with Crippen LogP contribution in [0.3, 0.4) is 0 Å². The van der Waals surface area contributed by atoms with Crippen LogP contribution in [0.15, 0.2) is 16.6 Å². The Hall–Kier alpha value is -0.580. The van der Waals surface area contributed by atoms with E-state index in [1.54, 1.807) is 0 Å². The van der Waals surface area contributed by atoms with E-state index < -0.39 is 6.10 Å². The van der Waals surface area contributed by atoms with Gasteiger partial charge >= 0.3 is 0 Å². The van der Waals surface area contributed by atoms with E-state index in [2.05, 4.69) is 21.2 Å². The molecule has 2 N–H and O–H groups in total. The van der Waals surface area contributed by atoms with Gasteiger partial charge in [0.2, 0.25) is 0 Å². The van der Waals surface area contributed by atoms with Gasteiger partial charge in [-0.15, -0.1) is 0 Å². The molecule has 1 aromatic carbocycles. The van der Waals surface area contributed by atoms with Crippen LogP contribution >= 0.6 is 15.9 Å². The van der Waals surface area contributed by atoms with Gasteiger partial charge in [-0.2, -0.15) is 0 Å². The average Bonchev–Trinajstić information content (AvgIpc) is 3.11. The average molecular weight is 314 g/mol. The van der Waals surface area contributed by atoms with Crippen molar-refractivity contribution in [2.24, 2.45) is 5.92 Å². The first kappa shape index (κ1) is 13.8. The van der Waals surface area contributed by atoms with Crippen LogP contribution in [-0.2, 0) is 0 Å². The maximum atomic E-state index is 10.2. The van der Waals surface area contributed by atoms with Crippen molar-refractivity contribution in [3.05, 3.63) is 27.7 Å². The van der Waals surface area contributed by atoms with E-state index in [9.17, 15) is 5.11 Å². The quantitative estimate of drug-likeness (QED) is 0.848. The maximum Gasteiger partial charge on any atom is 0.139 e. The molecule has 1 aromatic rings. The highest BCUT2D eigenvalue weighted by Gasteiger charge is 2.24. The molecule has 3 nitrogen and oxygen atoms in total. The topological polar surface area (TPSA) is 41.5 Å². The summed E-state index contributed by atoms with van der Waals surface area (Å²) >= 11 is 3.53. The van der Waals surface area contributed by atoms with Gasteiger partial charge in [-0.1, -0.05) is 0 Å². The zero-order valence-electron chi connectivity index (χ0n) is 10.9. The number of aryl methyl sites for hydroxylation is 1. The zero-order chi connectivity index (χ0) is 13.1. The van der Waals surface area contributed by atoms with Gasteiger partial charge in [0.1, 0.15) is 5.75 Å². The van der Waals surface area contributed by atoms with Gasteiger partial charge in [0, 0.05) is 12.1 Å². The Morgan fingerprint density at radius 2 is 2.22 bits per heavy atom. The van der Waals surface area contributed by atoms with Crippen molar-refractivity contribution >= 4 is 15.9 Å². The van der Waals surface area contributed by atoms with Crippen LogP contribution in [0.5, 0.6) is 5.75 Å². The Morgan fingerprint density at radius 1 is 1.50 bits per heavy atom. The Balaban J connectivity index is 2.21. The molecular weight excluding hydrogens is 294 g/mol. The van der Waals surface area contributed by atoms with E-state index in [1.807, 2.05) is 26.1 Å². The number of halogens is 1. The predicted molar refractivity (Wildman–Crippen MR) is 76.0 cm³/mol. The van der Waals surface area contributed by atoms with Gasteiger partial charge in [-0.25, -0.2) is 0 Å². The van der Waals surface area contributed by atoms with Crippen LogP contribution in [0.2, 0.25) is 0 Å². The van der Waals surface area contributed by atoms with Crippen molar-refractivity contribution in [3.63, 3.8) is 0 Å². The number of aliphatic hydroxyl groups excluding tert-OH is 1. The van der Waals surface area contributed by atoms with Gasteiger partial charge in [0.25, 0.3) is 0 Å². The summed E-state index contributed by atoms with van der Waals surface area (Å²) in [6.07, 6.45) is 1.98. The third-order valence-electron chi connectivity index (χ3n) is 3.13. The highest BCUT2D eigenvalue weighted by Crippen LogP contribution is 2.37. The summed E-state index contributed by atoms with van der Waals surface area (Å²) in [6.45, 7) is 3.29. The number of aliphatic hydroxyl groups is 1. The van der Waals surface area contributed by atoms with Crippen molar-refractivity contribution in [1.29, 1.82) is 0 Å². The molecule has 1 aliphatic carbocycles. The lowest BCUT2D eigenvalue weighted by atomic mass is 10.1. The Labute approximate surface area is 117 Å². The SMILES string of the molecule is CNCC(O)c1cc(C)cc(Br)c1OCC1CC1. The second-order valence-corrected chi connectivity index (χ2v) is 5.85. The van der Waals surface area contributed by atoms with Crippen molar-refractivity contribution < 1.29 is 9.84 Å². The molecule has 0 heterocycles. The number of nitrogens with one attached hydrogen (secondary N) is 1. The first-order valence-electron chi connectivity index (χ1n) is 6.37. The minimum Gasteiger partial charge on any atom is -0.492 e. The van der Waals surface area contributed by atoms with Crippen LogP contribution in [0.4, 0.5) is 0 Å². The lowest BCUT2D eigenvalue weighted by Crippen LogP contribution is -2.18. The van der Waals surface area contributed by atoms with Crippen molar-refractivity contribution in [2.75, 3.05) is 20.2 Å². The van der Waals surface area contributed by atoms with Crippen LogP contribution < -0.4 is 10.1 Å². The number of hydrogen-bond donors (Lipinski definition) is 2. The highest BCUT2D eigenvalue weighted by molar-refractivity contribution is 9.10. The van der Waals surface area contributed by atoms with Crippen molar-refractivity contribution in [2.45, 2.75) is 25.9 Å². The first-order chi connectivity index (χ1) is 8.61. The Kier molecular flexibility index (Phi) is 4.65. The number of likely N-dealkylation sites (N-methyl/N-ethyl adjacent to an activating group) is 1. The molecule has 0 spiro atoms. The molecule has 100 valence electrons. The van der Waals surface area contributed by atoms with Gasteiger partial charge in [0.05, 0.1) is 17.2 Å². The summed E-state index contributed by atoms with van der Waals surface area (Å²) in [5.41, 5.74) is 1.97. The normalized spacial score (nSPS) is 16.7. The fourth-order valence-electron chi connectivity index (χ4n) is 1.94. The van der Waals surface area contributed by atoms with Crippen LogP contribution in [0, 0.1) is 12.8 Å². The molecule has 0 aliphatic heterocycles. The molecule has 18 heavy (non-hydrogen) atoms. The van der Waals surface area contributed by atoms with Crippen LogP contribution in [-0.4, -0.2) is 25.3 Å². The summed E-state index contributed by atoms with van der Waals surface area (Å²) < 4.78 is 6.80. The first-order valence-corrected chi connectivity index (χ1v) is 7.16. The van der Waals surface area contributed by atoms with Crippen LogP contribution in [0.25, 0.3) is 0 Å². The lowest BCUT2D eigenvalue weighted by molar-refractivity contribution is 0.170. The van der Waals surface area contributed by atoms with Gasteiger partial charge in [0.15, 0.2) is 0 Å². The summed E-state index contributed by atoms with van der Waals surface area (Å²) in [7, 11) is 1.83. The molecule has 0 saturated heterocycles. The number of benzene rings is 1. The molecule has 0 bridgehead atoms. The molecule has 1 fully saturated rings.